The van der Waals surface area contributed by atoms with Gasteiger partial charge < -0.3 is 0 Å². The maximum absolute atomic E-state index is 5.02. The first kappa shape index (κ1) is 27.3. The van der Waals surface area contributed by atoms with Gasteiger partial charge in [0.15, 0.2) is 0 Å². The molecule has 172 valence electrons. The fraction of sp³-hybridized carbons (Fsp3) is 0.500. The van der Waals surface area contributed by atoms with Gasteiger partial charge in [0, 0.05) is 22.7 Å². The molecular formula is C28H40N2Ni. The zero-order chi connectivity index (χ0) is 21.4. The van der Waals surface area contributed by atoms with E-state index in [1.54, 1.807) is 0 Å². The van der Waals surface area contributed by atoms with Crippen molar-refractivity contribution >= 4 is 23.3 Å². The number of hydrogen-bond acceptors (Lipinski definition) is 2. The van der Waals surface area contributed by atoms with Gasteiger partial charge in [-0.3, -0.25) is 9.98 Å². The van der Waals surface area contributed by atoms with Crippen LogP contribution in [0.2, 0.25) is 0 Å². The molecule has 0 unspecified atom stereocenters. The summed E-state index contributed by atoms with van der Waals surface area (Å²) in [7, 11) is 0. The Bertz CT molecular complexity index is 781. The van der Waals surface area contributed by atoms with E-state index in [2.05, 4.69) is 44.0 Å². The molecule has 0 heterocycles. The van der Waals surface area contributed by atoms with Gasteiger partial charge in [0.2, 0.25) is 0 Å². The van der Waals surface area contributed by atoms with Crippen molar-refractivity contribution in [2.75, 3.05) is 0 Å². The Morgan fingerprint density at radius 3 is 2.10 bits per heavy atom. The Hall–Kier alpha value is -1.73. The Balaban J connectivity index is 0.00000480. The summed E-state index contributed by atoms with van der Waals surface area (Å²) >= 11 is 0. The fourth-order valence-corrected chi connectivity index (χ4v) is 3.76. The van der Waals surface area contributed by atoms with Crippen LogP contribution in [0.25, 0.3) is 0 Å². The van der Waals surface area contributed by atoms with Crippen molar-refractivity contribution in [2.45, 2.75) is 91.4 Å². The Morgan fingerprint density at radius 1 is 0.710 bits per heavy atom. The second-order valence-electron chi connectivity index (χ2n) is 8.17. The van der Waals surface area contributed by atoms with Gasteiger partial charge in [-0.05, 0) is 61.1 Å². The molecule has 0 saturated heterocycles. The van der Waals surface area contributed by atoms with Crippen LogP contribution >= 0.6 is 0 Å². The van der Waals surface area contributed by atoms with Gasteiger partial charge >= 0.3 is 0 Å². The summed E-state index contributed by atoms with van der Waals surface area (Å²) in [6, 6.07) is 16.9. The van der Waals surface area contributed by atoms with Gasteiger partial charge in [0.25, 0.3) is 0 Å². The van der Waals surface area contributed by atoms with E-state index in [9.17, 15) is 0 Å². The number of nitrogens with zero attached hydrogens (tertiary/aromatic N) is 2. The molecule has 0 atom stereocenters. The van der Waals surface area contributed by atoms with Gasteiger partial charge in [-0.25, -0.2) is 0 Å². The van der Waals surface area contributed by atoms with E-state index in [1.807, 2.05) is 36.5 Å². The molecule has 0 bridgehead atoms. The van der Waals surface area contributed by atoms with Crippen LogP contribution in [0.15, 0.2) is 58.5 Å². The summed E-state index contributed by atoms with van der Waals surface area (Å²) in [5, 5.41) is 0. The minimum Gasteiger partial charge on any atom is -0.255 e. The number of rotatable bonds is 14. The largest absolute Gasteiger partial charge is 0.255 e. The average molecular weight is 463 g/mol. The van der Waals surface area contributed by atoms with Crippen LogP contribution in [-0.4, -0.2) is 11.9 Å². The number of aryl methyl sites for hydroxylation is 2. The van der Waals surface area contributed by atoms with Crippen LogP contribution in [0.3, 0.4) is 0 Å². The van der Waals surface area contributed by atoms with E-state index in [-0.39, 0.29) is 16.5 Å². The first-order chi connectivity index (χ1) is 14.8. The Kier molecular flexibility index (Phi) is 14.9. The summed E-state index contributed by atoms with van der Waals surface area (Å²) in [6.45, 7) is 6.77. The van der Waals surface area contributed by atoms with E-state index in [1.165, 1.54) is 62.5 Å². The number of aliphatic imine (C=N–C) groups is 2. The third kappa shape index (κ3) is 10.9. The number of unbranched alkanes of at least 4 members (excludes halogenated alkanes) is 5. The van der Waals surface area contributed by atoms with Crippen molar-refractivity contribution in [3.05, 3.63) is 59.7 Å². The average Bonchev–Trinajstić information content (AvgIpc) is 2.77. The molecule has 0 amide bonds. The molecule has 0 fully saturated rings. The molecule has 0 aliphatic rings. The van der Waals surface area contributed by atoms with E-state index in [4.69, 9.17) is 4.99 Å². The molecule has 2 nitrogen and oxygen atoms in total. The SMILES string of the molecule is CCCCCCCCC(/C=N/c1ccccc1)=N\c1ccc(CCC)c(CCC)c1.[Ni]. The van der Waals surface area contributed by atoms with E-state index < -0.39 is 0 Å². The van der Waals surface area contributed by atoms with Gasteiger partial charge in [0.05, 0.1) is 17.1 Å². The first-order valence-electron chi connectivity index (χ1n) is 12.0. The standard InChI is InChI=1S/C28H40N2.Ni/c1-4-7-8-9-10-12-19-28(23-29-26-17-13-11-14-18-26)30-27-21-20-24(15-5-2)25(22-27)16-6-3;/h11,13-14,17-18,20-23H,4-10,12,15-16,19H2,1-3H3;/b29-23+,30-28+;. The van der Waals surface area contributed by atoms with Crippen LogP contribution < -0.4 is 0 Å². The number of benzene rings is 2. The molecule has 3 heteroatoms. The summed E-state index contributed by atoms with van der Waals surface area (Å²) in [5.74, 6) is 0. The third-order valence-electron chi connectivity index (χ3n) is 5.41. The molecule has 0 saturated carbocycles. The smallest absolute Gasteiger partial charge is 0.0636 e. The second kappa shape index (κ2) is 16.9. The van der Waals surface area contributed by atoms with Crippen molar-refractivity contribution in [3.8, 4) is 0 Å². The van der Waals surface area contributed by atoms with Gasteiger partial charge in [-0.1, -0.05) is 90.0 Å². The van der Waals surface area contributed by atoms with Gasteiger partial charge in [-0.2, -0.15) is 0 Å². The topological polar surface area (TPSA) is 24.7 Å². The molecular weight excluding hydrogens is 423 g/mol. The summed E-state index contributed by atoms with van der Waals surface area (Å²) in [4.78, 5) is 9.70. The van der Waals surface area contributed by atoms with Crippen molar-refractivity contribution in [2.24, 2.45) is 9.98 Å². The van der Waals surface area contributed by atoms with E-state index in [0.717, 1.165) is 36.3 Å². The fourth-order valence-electron chi connectivity index (χ4n) is 3.76. The van der Waals surface area contributed by atoms with Gasteiger partial charge in [-0.15, -0.1) is 0 Å². The van der Waals surface area contributed by atoms with Crippen LogP contribution in [0, 0.1) is 0 Å². The first-order valence-corrected chi connectivity index (χ1v) is 12.0. The summed E-state index contributed by atoms with van der Waals surface area (Å²) in [5.41, 5.74) is 6.07. The summed E-state index contributed by atoms with van der Waals surface area (Å²) in [6.07, 6.45) is 15.4. The molecule has 0 aliphatic carbocycles. The zero-order valence-corrected chi connectivity index (χ0v) is 20.7. The molecule has 0 aromatic heterocycles. The molecule has 2 rings (SSSR count). The molecule has 31 heavy (non-hydrogen) atoms. The second-order valence-corrected chi connectivity index (χ2v) is 8.17. The maximum Gasteiger partial charge on any atom is 0.0636 e. The molecule has 0 aliphatic heterocycles. The Morgan fingerprint density at radius 2 is 1.39 bits per heavy atom. The molecule has 0 spiro atoms. The predicted octanol–water partition coefficient (Wildman–Crippen LogP) is 8.81. The van der Waals surface area contributed by atoms with E-state index in [0.29, 0.717) is 0 Å². The molecule has 2 aromatic rings. The third-order valence-corrected chi connectivity index (χ3v) is 5.41. The van der Waals surface area contributed by atoms with Crippen molar-refractivity contribution in [1.29, 1.82) is 0 Å². The minimum atomic E-state index is 0. The van der Waals surface area contributed by atoms with Crippen LogP contribution in [0.4, 0.5) is 11.4 Å². The van der Waals surface area contributed by atoms with Crippen molar-refractivity contribution in [1.82, 2.24) is 0 Å². The number of hydrogen-bond donors (Lipinski definition) is 0. The number of para-hydroxylation sites is 1. The quantitative estimate of drug-likeness (QED) is 0.152. The van der Waals surface area contributed by atoms with Crippen LogP contribution in [0.1, 0.15) is 89.7 Å². The van der Waals surface area contributed by atoms with E-state index >= 15 is 0 Å². The predicted molar refractivity (Wildman–Crippen MR) is 134 cm³/mol. The minimum absolute atomic E-state index is 0. The molecule has 2 aromatic carbocycles. The normalized spacial score (nSPS) is 11.6. The van der Waals surface area contributed by atoms with Crippen molar-refractivity contribution in [3.63, 3.8) is 0 Å². The zero-order valence-electron chi connectivity index (χ0n) is 19.7. The van der Waals surface area contributed by atoms with Crippen LogP contribution in [0.5, 0.6) is 0 Å². The van der Waals surface area contributed by atoms with Crippen molar-refractivity contribution < 1.29 is 16.5 Å². The Labute approximate surface area is 200 Å². The maximum atomic E-state index is 5.02. The molecule has 0 radical (unpaired) electrons. The molecule has 0 N–H and O–H groups in total. The monoisotopic (exact) mass is 462 g/mol. The van der Waals surface area contributed by atoms with Gasteiger partial charge in [0.1, 0.15) is 0 Å². The van der Waals surface area contributed by atoms with Crippen LogP contribution in [-0.2, 0) is 29.3 Å². The summed E-state index contributed by atoms with van der Waals surface area (Å²) < 4.78 is 0.